The molecule has 2 rings (SSSR count). The Kier molecular flexibility index (Phi) is 3.71. The molecule has 0 amide bonds. The Bertz CT molecular complexity index is 541. The van der Waals surface area contributed by atoms with E-state index in [1.807, 2.05) is 13.8 Å². The molecule has 1 heterocycles. The van der Waals surface area contributed by atoms with E-state index < -0.39 is 0 Å². The summed E-state index contributed by atoms with van der Waals surface area (Å²) >= 11 is 15.3. The van der Waals surface area contributed by atoms with Crippen LogP contribution in [0.3, 0.4) is 0 Å². The van der Waals surface area contributed by atoms with Crippen molar-refractivity contribution in [1.29, 1.82) is 0 Å². The Morgan fingerprint density at radius 2 is 1.59 bits per heavy atom. The van der Waals surface area contributed by atoms with Gasteiger partial charge in [0.2, 0.25) is 0 Å². The van der Waals surface area contributed by atoms with Crippen molar-refractivity contribution in [3.05, 3.63) is 44.1 Å². The normalized spacial score (nSPS) is 10.6. The van der Waals surface area contributed by atoms with E-state index >= 15 is 0 Å². The first-order valence-corrected chi connectivity index (χ1v) is 6.49. The van der Waals surface area contributed by atoms with Crippen LogP contribution in [0.2, 0.25) is 10.0 Å². The van der Waals surface area contributed by atoms with Crippen LogP contribution in [0.25, 0.3) is 11.4 Å². The zero-order chi connectivity index (χ0) is 12.6. The molecule has 0 aliphatic heterocycles. The third-order valence-electron chi connectivity index (χ3n) is 2.45. The third kappa shape index (κ3) is 2.79. The van der Waals surface area contributed by atoms with Crippen LogP contribution in [-0.2, 0) is 0 Å². The molecule has 0 spiro atoms. The molecule has 0 radical (unpaired) electrons. The van der Waals surface area contributed by atoms with Gasteiger partial charge in [0.25, 0.3) is 0 Å². The van der Waals surface area contributed by atoms with E-state index in [-0.39, 0.29) is 0 Å². The minimum atomic E-state index is 0.574. The van der Waals surface area contributed by atoms with Gasteiger partial charge in [-0.25, -0.2) is 9.97 Å². The highest BCUT2D eigenvalue weighted by Crippen LogP contribution is 2.27. The molecule has 0 saturated heterocycles. The average molecular weight is 332 g/mol. The summed E-state index contributed by atoms with van der Waals surface area (Å²) in [5.74, 6) is 0.615. The van der Waals surface area contributed by atoms with E-state index in [1.54, 1.807) is 18.2 Å². The number of aromatic nitrogens is 2. The molecule has 0 aliphatic rings. The minimum absolute atomic E-state index is 0.574. The zero-order valence-electron chi connectivity index (χ0n) is 9.26. The van der Waals surface area contributed by atoms with Crippen molar-refractivity contribution >= 4 is 39.1 Å². The summed E-state index contributed by atoms with van der Waals surface area (Å²) in [6.07, 6.45) is 0. The smallest absolute Gasteiger partial charge is 0.160 e. The highest BCUT2D eigenvalue weighted by atomic mass is 79.9. The number of halogens is 3. The van der Waals surface area contributed by atoms with E-state index in [2.05, 4.69) is 25.9 Å². The summed E-state index contributed by atoms with van der Waals surface area (Å²) in [6.45, 7) is 3.91. The van der Waals surface area contributed by atoms with Gasteiger partial charge in [-0.15, -0.1) is 0 Å². The van der Waals surface area contributed by atoms with Crippen LogP contribution in [-0.4, -0.2) is 9.97 Å². The largest absolute Gasteiger partial charge is 0.233 e. The van der Waals surface area contributed by atoms with Crippen molar-refractivity contribution < 1.29 is 0 Å². The van der Waals surface area contributed by atoms with Crippen molar-refractivity contribution in [2.45, 2.75) is 13.8 Å². The summed E-state index contributed by atoms with van der Waals surface area (Å²) in [5.41, 5.74) is 2.77. The monoisotopic (exact) mass is 330 g/mol. The topological polar surface area (TPSA) is 25.8 Å². The maximum atomic E-state index is 5.96. The summed E-state index contributed by atoms with van der Waals surface area (Å²) < 4.78 is 0.788. The molecule has 0 N–H and O–H groups in total. The van der Waals surface area contributed by atoms with Gasteiger partial charge < -0.3 is 0 Å². The first-order chi connectivity index (χ1) is 7.97. The quantitative estimate of drug-likeness (QED) is 0.699. The van der Waals surface area contributed by atoms with Crippen LogP contribution >= 0.6 is 39.1 Å². The van der Waals surface area contributed by atoms with Gasteiger partial charge in [0.15, 0.2) is 5.82 Å². The summed E-state index contributed by atoms with van der Waals surface area (Å²) in [6, 6.07) is 5.27. The molecular formula is C12H9BrCl2N2. The molecule has 0 aliphatic carbocycles. The molecular weight excluding hydrogens is 323 g/mol. The van der Waals surface area contributed by atoms with Crippen LogP contribution in [0.5, 0.6) is 0 Å². The van der Waals surface area contributed by atoms with Gasteiger partial charge in [-0.1, -0.05) is 23.2 Å². The highest BCUT2D eigenvalue weighted by molar-refractivity contribution is 9.10. The standard InChI is InChI=1S/C12H9BrCl2N2/c1-6-7(2)16-12(17-11(6)13)8-3-9(14)5-10(15)4-8/h3-5H,1-2H3. The highest BCUT2D eigenvalue weighted by Gasteiger charge is 2.09. The Balaban J connectivity index is 2.60. The average Bonchev–Trinajstić information content (AvgIpc) is 2.23. The molecule has 0 saturated carbocycles. The molecule has 0 atom stereocenters. The van der Waals surface area contributed by atoms with Crippen LogP contribution < -0.4 is 0 Å². The fourth-order valence-corrected chi connectivity index (χ4v) is 2.39. The summed E-state index contributed by atoms with van der Waals surface area (Å²) in [7, 11) is 0. The number of hydrogen-bond acceptors (Lipinski definition) is 2. The molecule has 2 aromatic rings. The second-order valence-corrected chi connectivity index (χ2v) is 5.33. The third-order valence-corrected chi connectivity index (χ3v) is 3.66. The Labute approximate surface area is 118 Å². The Morgan fingerprint density at radius 1 is 1.00 bits per heavy atom. The molecule has 88 valence electrons. The predicted molar refractivity (Wildman–Crippen MR) is 74.7 cm³/mol. The molecule has 0 unspecified atom stereocenters. The summed E-state index contributed by atoms with van der Waals surface area (Å²) in [5, 5.41) is 1.15. The van der Waals surface area contributed by atoms with Gasteiger partial charge in [-0.2, -0.15) is 0 Å². The fourth-order valence-electron chi connectivity index (χ4n) is 1.41. The number of nitrogens with zero attached hydrogens (tertiary/aromatic N) is 2. The molecule has 0 fully saturated rings. The second kappa shape index (κ2) is 4.92. The van der Waals surface area contributed by atoms with Gasteiger partial charge in [0.1, 0.15) is 4.60 Å². The van der Waals surface area contributed by atoms with Gasteiger partial charge in [-0.3, -0.25) is 0 Å². The molecule has 1 aromatic heterocycles. The zero-order valence-corrected chi connectivity index (χ0v) is 12.4. The number of benzene rings is 1. The lowest BCUT2D eigenvalue weighted by Crippen LogP contribution is -1.96. The van der Waals surface area contributed by atoms with Crippen molar-refractivity contribution in [2.75, 3.05) is 0 Å². The number of aryl methyl sites for hydroxylation is 1. The van der Waals surface area contributed by atoms with Gasteiger partial charge in [-0.05, 0) is 48.0 Å². The fraction of sp³-hybridized carbons (Fsp3) is 0.167. The van der Waals surface area contributed by atoms with Crippen molar-refractivity contribution in [1.82, 2.24) is 9.97 Å². The van der Waals surface area contributed by atoms with Crippen molar-refractivity contribution in [2.24, 2.45) is 0 Å². The van der Waals surface area contributed by atoms with Crippen LogP contribution in [0, 0.1) is 13.8 Å². The predicted octanol–water partition coefficient (Wildman–Crippen LogP) is 4.83. The Hall–Kier alpha value is -0.640. The lowest BCUT2D eigenvalue weighted by atomic mass is 10.2. The van der Waals surface area contributed by atoms with Gasteiger partial charge in [0.05, 0.1) is 0 Å². The van der Waals surface area contributed by atoms with E-state index in [9.17, 15) is 0 Å². The van der Waals surface area contributed by atoms with E-state index in [4.69, 9.17) is 23.2 Å². The van der Waals surface area contributed by atoms with E-state index in [0.29, 0.717) is 15.9 Å². The maximum absolute atomic E-state index is 5.96. The maximum Gasteiger partial charge on any atom is 0.160 e. The first-order valence-electron chi connectivity index (χ1n) is 4.94. The van der Waals surface area contributed by atoms with Crippen molar-refractivity contribution in [3.63, 3.8) is 0 Å². The molecule has 2 nitrogen and oxygen atoms in total. The molecule has 1 aromatic carbocycles. The first kappa shape index (κ1) is 12.8. The molecule has 5 heteroatoms. The van der Waals surface area contributed by atoms with Crippen molar-refractivity contribution in [3.8, 4) is 11.4 Å². The summed E-state index contributed by atoms with van der Waals surface area (Å²) in [4.78, 5) is 8.80. The SMILES string of the molecule is Cc1nc(-c2cc(Cl)cc(Cl)c2)nc(Br)c1C. The van der Waals surface area contributed by atoms with Gasteiger partial charge >= 0.3 is 0 Å². The van der Waals surface area contributed by atoms with E-state index in [1.165, 1.54) is 0 Å². The second-order valence-electron chi connectivity index (χ2n) is 3.71. The molecule has 17 heavy (non-hydrogen) atoms. The molecule has 0 bridgehead atoms. The van der Waals surface area contributed by atoms with Crippen LogP contribution in [0.4, 0.5) is 0 Å². The van der Waals surface area contributed by atoms with Crippen LogP contribution in [0.1, 0.15) is 11.3 Å². The Morgan fingerprint density at radius 3 is 2.12 bits per heavy atom. The van der Waals surface area contributed by atoms with E-state index in [0.717, 1.165) is 21.4 Å². The number of hydrogen-bond donors (Lipinski definition) is 0. The lowest BCUT2D eigenvalue weighted by Gasteiger charge is -2.07. The van der Waals surface area contributed by atoms with Gasteiger partial charge in [0, 0.05) is 26.9 Å². The van der Waals surface area contributed by atoms with Crippen LogP contribution in [0.15, 0.2) is 22.8 Å². The number of rotatable bonds is 1. The minimum Gasteiger partial charge on any atom is -0.233 e. The lowest BCUT2D eigenvalue weighted by molar-refractivity contribution is 1.05.